The van der Waals surface area contributed by atoms with Gasteiger partial charge in [0, 0.05) is 16.5 Å². The molecule has 1 aromatic heterocycles. The van der Waals surface area contributed by atoms with E-state index in [9.17, 15) is 14.7 Å². The second-order valence-corrected chi connectivity index (χ2v) is 6.95. The molecular weight excluding hydrogens is 410 g/mol. The van der Waals surface area contributed by atoms with Gasteiger partial charge in [-0.1, -0.05) is 34.2 Å². The number of anilines is 1. The van der Waals surface area contributed by atoms with Crippen molar-refractivity contribution >= 4 is 50.4 Å². The van der Waals surface area contributed by atoms with E-state index in [4.69, 9.17) is 0 Å². The van der Waals surface area contributed by atoms with Gasteiger partial charge in [0.25, 0.3) is 0 Å². The van der Waals surface area contributed by atoms with Crippen LogP contribution in [0.25, 0.3) is 0 Å². The molecule has 0 atom stereocenters. The Hall–Kier alpha value is -2.33. The van der Waals surface area contributed by atoms with Crippen molar-refractivity contribution in [3.05, 3.63) is 33.2 Å². The summed E-state index contributed by atoms with van der Waals surface area (Å²) in [4.78, 5) is 23.3. The smallest absolute Gasteiger partial charge is 0.247 e. The fourth-order valence-electron chi connectivity index (χ4n) is 1.76. The summed E-state index contributed by atoms with van der Waals surface area (Å²) in [5.74, 6) is -0.459. The molecule has 0 unspecified atom stereocenters. The van der Waals surface area contributed by atoms with Crippen molar-refractivity contribution in [3.63, 3.8) is 0 Å². The number of carbonyl (C=O) groups excluding carboxylic acids is 2. The molecule has 0 saturated carbocycles. The van der Waals surface area contributed by atoms with Crippen LogP contribution >= 0.6 is 27.3 Å². The van der Waals surface area contributed by atoms with Crippen molar-refractivity contribution in [2.45, 2.75) is 26.2 Å². The van der Waals surface area contributed by atoms with Gasteiger partial charge in [0.05, 0.1) is 12.6 Å². The number of nitrogens with one attached hydrogen (secondary N) is 2. The minimum Gasteiger partial charge on any atom is -0.507 e. The highest BCUT2D eigenvalue weighted by Gasteiger charge is 2.10. The van der Waals surface area contributed by atoms with Gasteiger partial charge in [-0.15, -0.1) is 10.2 Å². The topological polar surface area (TPSA) is 117 Å². The van der Waals surface area contributed by atoms with E-state index in [-0.39, 0.29) is 24.0 Å². The van der Waals surface area contributed by atoms with Crippen molar-refractivity contribution in [3.8, 4) is 5.75 Å². The molecular formula is C15H16BrN5O3S. The van der Waals surface area contributed by atoms with Gasteiger partial charge in [-0.2, -0.15) is 5.10 Å². The maximum atomic E-state index is 11.8. The molecule has 0 aliphatic carbocycles. The minimum absolute atomic E-state index is 0.0108. The lowest BCUT2D eigenvalue weighted by atomic mass is 10.2. The molecule has 2 rings (SSSR count). The molecule has 1 aromatic carbocycles. The Morgan fingerprint density at radius 3 is 2.92 bits per heavy atom. The van der Waals surface area contributed by atoms with Crippen molar-refractivity contribution < 1.29 is 14.7 Å². The molecule has 25 heavy (non-hydrogen) atoms. The second-order valence-electron chi connectivity index (χ2n) is 4.97. The molecule has 0 radical (unpaired) electrons. The largest absolute Gasteiger partial charge is 0.507 e. The van der Waals surface area contributed by atoms with Crippen LogP contribution in [-0.4, -0.2) is 33.3 Å². The van der Waals surface area contributed by atoms with Crippen molar-refractivity contribution in [2.75, 3.05) is 5.32 Å². The van der Waals surface area contributed by atoms with Crippen LogP contribution in [-0.2, 0) is 16.0 Å². The molecule has 0 bridgehead atoms. The summed E-state index contributed by atoms with van der Waals surface area (Å²) in [6, 6.07) is 4.88. The number of phenols is 1. The van der Waals surface area contributed by atoms with Gasteiger partial charge < -0.3 is 10.4 Å². The Labute approximate surface area is 156 Å². The van der Waals surface area contributed by atoms with Crippen LogP contribution in [0.15, 0.2) is 27.8 Å². The van der Waals surface area contributed by atoms with Crippen LogP contribution in [0, 0.1) is 0 Å². The van der Waals surface area contributed by atoms with E-state index in [1.54, 1.807) is 12.1 Å². The zero-order valence-electron chi connectivity index (χ0n) is 13.3. The molecule has 3 N–H and O–H groups in total. The van der Waals surface area contributed by atoms with E-state index in [2.05, 4.69) is 42.0 Å². The van der Waals surface area contributed by atoms with Crippen LogP contribution in [0.3, 0.4) is 0 Å². The average molecular weight is 426 g/mol. The van der Waals surface area contributed by atoms with Gasteiger partial charge in [-0.25, -0.2) is 5.43 Å². The van der Waals surface area contributed by atoms with E-state index in [1.165, 1.54) is 12.3 Å². The lowest BCUT2D eigenvalue weighted by molar-refractivity contribution is -0.120. The monoisotopic (exact) mass is 425 g/mol. The van der Waals surface area contributed by atoms with Crippen LogP contribution < -0.4 is 10.7 Å². The number of benzene rings is 1. The summed E-state index contributed by atoms with van der Waals surface area (Å²) in [5.41, 5.74) is 2.82. The number of phenolic OH excluding ortho intramolecular Hbond substituents is 1. The van der Waals surface area contributed by atoms with E-state index in [1.807, 2.05) is 6.92 Å². The summed E-state index contributed by atoms with van der Waals surface area (Å²) in [7, 11) is 0. The number of aromatic hydroxyl groups is 1. The van der Waals surface area contributed by atoms with Crippen LogP contribution in [0.2, 0.25) is 0 Å². The summed E-state index contributed by atoms with van der Waals surface area (Å²) < 4.78 is 0.782. The number of rotatable bonds is 7. The van der Waals surface area contributed by atoms with E-state index in [0.29, 0.717) is 22.1 Å². The summed E-state index contributed by atoms with van der Waals surface area (Å²) in [6.45, 7) is 1.91. The molecule has 132 valence electrons. The third-order valence-electron chi connectivity index (χ3n) is 2.88. The van der Waals surface area contributed by atoms with Crippen molar-refractivity contribution in [1.29, 1.82) is 0 Å². The number of aromatic nitrogens is 2. The maximum absolute atomic E-state index is 11.8. The van der Waals surface area contributed by atoms with Gasteiger partial charge in [-0.3, -0.25) is 9.59 Å². The average Bonchev–Trinajstić information content (AvgIpc) is 2.97. The molecule has 0 spiro atoms. The summed E-state index contributed by atoms with van der Waals surface area (Å²) in [6.07, 6.45) is 2.48. The quantitative estimate of drug-likeness (QED) is 0.465. The number of hydrogen-bond acceptors (Lipinski definition) is 7. The fourth-order valence-corrected chi connectivity index (χ4v) is 2.90. The highest BCUT2D eigenvalue weighted by atomic mass is 79.9. The lowest BCUT2D eigenvalue weighted by Crippen LogP contribution is -2.19. The van der Waals surface area contributed by atoms with Gasteiger partial charge >= 0.3 is 0 Å². The molecule has 0 fully saturated rings. The molecule has 10 heteroatoms. The molecule has 0 aliphatic rings. The molecule has 1 heterocycles. The van der Waals surface area contributed by atoms with Gasteiger partial charge in [0.15, 0.2) is 0 Å². The van der Waals surface area contributed by atoms with E-state index >= 15 is 0 Å². The Bertz CT molecular complexity index is 793. The first-order valence-electron chi connectivity index (χ1n) is 7.40. The Kier molecular flexibility index (Phi) is 7.02. The number of hydrogen-bond donors (Lipinski definition) is 3. The summed E-state index contributed by atoms with van der Waals surface area (Å²) in [5, 5.41) is 24.6. The SMILES string of the molecule is CCCC(=O)Nc1nnc(CC(=O)N/N=C\c2cc(Br)ccc2O)s1. The van der Waals surface area contributed by atoms with Gasteiger partial charge in [0.2, 0.25) is 16.9 Å². The van der Waals surface area contributed by atoms with Crippen molar-refractivity contribution in [1.82, 2.24) is 15.6 Å². The van der Waals surface area contributed by atoms with E-state index < -0.39 is 0 Å². The normalized spacial score (nSPS) is 10.8. The third kappa shape index (κ3) is 6.24. The van der Waals surface area contributed by atoms with Crippen molar-refractivity contribution in [2.24, 2.45) is 5.10 Å². The number of hydrazone groups is 1. The first kappa shape index (κ1) is 19.0. The second kappa shape index (κ2) is 9.23. The van der Waals surface area contributed by atoms with Gasteiger partial charge in [-0.05, 0) is 24.6 Å². The molecule has 0 saturated heterocycles. The first-order valence-corrected chi connectivity index (χ1v) is 9.01. The zero-order chi connectivity index (χ0) is 18.2. The van der Waals surface area contributed by atoms with E-state index in [0.717, 1.165) is 22.2 Å². The summed E-state index contributed by atoms with van der Waals surface area (Å²) >= 11 is 4.42. The number of amides is 2. The van der Waals surface area contributed by atoms with Crippen LogP contribution in [0.4, 0.5) is 5.13 Å². The highest BCUT2D eigenvalue weighted by molar-refractivity contribution is 9.10. The fraction of sp³-hybridized carbons (Fsp3) is 0.267. The number of nitrogens with zero attached hydrogens (tertiary/aromatic N) is 3. The molecule has 8 nitrogen and oxygen atoms in total. The van der Waals surface area contributed by atoms with Crippen LogP contribution in [0.1, 0.15) is 30.3 Å². The Balaban J connectivity index is 1.86. The predicted molar refractivity (Wildman–Crippen MR) is 98.7 cm³/mol. The first-order chi connectivity index (χ1) is 12.0. The van der Waals surface area contributed by atoms with Gasteiger partial charge in [0.1, 0.15) is 10.8 Å². The number of halogens is 1. The Morgan fingerprint density at radius 1 is 1.36 bits per heavy atom. The highest BCUT2D eigenvalue weighted by Crippen LogP contribution is 2.20. The Morgan fingerprint density at radius 2 is 2.16 bits per heavy atom. The molecule has 2 aromatic rings. The third-order valence-corrected chi connectivity index (χ3v) is 4.22. The zero-order valence-corrected chi connectivity index (χ0v) is 15.7. The maximum Gasteiger partial charge on any atom is 0.247 e. The van der Waals surface area contributed by atoms with Crippen LogP contribution in [0.5, 0.6) is 5.75 Å². The lowest BCUT2D eigenvalue weighted by Gasteiger charge is -2.00. The molecule has 0 aliphatic heterocycles. The minimum atomic E-state index is -0.381. The standard InChI is InChI=1S/C15H16BrN5O3S/c1-2-3-12(23)18-15-21-20-14(25-15)7-13(24)19-17-8-9-6-10(16)4-5-11(9)22/h4-6,8,22H,2-3,7H2,1H3,(H,19,24)(H,18,21,23)/b17-8-. The molecule has 2 amide bonds. The number of carbonyl (C=O) groups is 2. The predicted octanol–water partition coefficient (Wildman–Crippen LogP) is 2.44.